The number of halogens is 1. The van der Waals surface area contributed by atoms with Crippen molar-refractivity contribution >= 4 is 46.7 Å². The summed E-state index contributed by atoms with van der Waals surface area (Å²) in [6.45, 7) is 4.96. The fraction of sp³-hybridized carbons (Fsp3) is 0.400. The minimum absolute atomic E-state index is 0. The summed E-state index contributed by atoms with van der Waals surface area (Å²) in [7, 11) is 0. The van der Waals surface area contributed by atoms with Crippen LogP contribution in [-0.4, -0.2) is 31.6 Å². The third kappa shape index (κ3) is 5.35. The van der Waals surface area contributed by atoms with E-state index in [9.17, 15) is 0 Å². The van der Waals surface area contributed by atoms with Crippen LogP contribution in [-0.2, 0) is 6.54 Å². The molecule has 4 aromatic rings. The Morgan fingerprint density at radius 1 is 1.12 bits per heavy atom. The van der Waals surface area contributed by atoms with E-state index in [0.717, 1.165) is 42.7 Å². The van der Waals surface area contributed by atoms with Crippen molar-refractivity contribution in [2.45, 2.75) is 64.2 Å². The van der Waals surface area contributed by atoms with Crippen LogP contribution in [0, 0.1) is 0 Å². The average molecular weight is 498 g/mol. The SMILES string of the molecule is CC(C)n1cnc2c(NCc3csc(-c4ccccc4)c3)nc(NC3CCC(N)CC3)nc21.Cl. The summed E-state index contributed by atoms with van der Waals surface area (Å²) in [6.07, 6.45) is 6.03. The number of thiophene rings is 1. The Hall–Kier alpha value is -2.68. The second-order valence-corrected chi connectivity index (χ2v) is 10.0. The van der Waals surface area contributed by atoms with E-state index >= 15 is 0 Å². The number of nitrogens with zero attached hydrogens (tertiary/aromatic N) is 4. The Morgan fingerprint density at radius 3 is 2.62 bits per heavy atom. The third-order valence-corrected chi connectivity index (χ3v) is 7.28. The van der Waals surface area contributed by atoms with E-state index in [2.05, 4.69) is 69.7 Å². The van der Waals surface area contributed by atoms with E-state index < -0.39 is 0 Å². The molecule has 0 bridgehead atoms. The number of aromatic nitrogens is 4. The molecular weight excluding hydrogens is 466 g/mol. The molecule has 1 saturated carbocycles. The molecule has 0 atom stereocenters. The lowest BCUT2D eigenvalue weighted by molar-refractivity contribution is 0.410. The van der Waals surface area contributed by atoms with Gasteiger partial charge in [0.05, 0.1) is 6.33 Å². The number of hydrogen-bond acceptors (Lipinski definition) is 7. The number of imidazole rings is 1. The molecule has 0 spiro atoms. The van der Waals surface area contributed by atoms with E-state index in [0.29, 0.717) is 24.6 Å². The lowest BCUT2D eigenvalue weighted by Crippen LogP contribution is -2.33. The molecule has 0 radical (unpaired) electrons. The summed E-state index contributed by atoms with van der Waals surface area (Å²) in [5, 5.41) is 9.28. The zero-order chi connectivity index (χ0) is 22.8. The predicted molar refractivity (Wildman–Crippen MR) is 144 cm³/mol. The first-order valence-electron chi connectivity index (χ1n) is 11.7. The van der Waals surface area contributed by atoms with Crippen molar-refractivity contribution < 1.29 is 0 Å². The number of fused-ring (bicyclic) bond motifs is 1. The Balaban J connectivity index is 0.00000274. The first kappa shape index (κ1) is 24.4. The Bertz CT molecular complexity index is 1210. The highest BCUT2D eigenvalue weighted by atomic mass is 35.5. The van der Waals surface area contributed by atoms with Crippen molar-refractivity contribution in [3.05, 3.63) is 53.7 Å². The van der Waals surface area contributed by atoms with Gasteiger partial charge in [0, 0.05) is 29.5 Å². The van der Waals surface area contributed by atoms with Crippen molar-refractivity contribution in [1.29, 1.82) is 0 Å². The molecule has 1 aliphatic rings. The average Bonchev–Trinajstić information content (AvgIpc) is 3.47. The Morgan fingerprint density at radius 2 is 1.88 bits per heavy atom. The summed E-state index contributed by atoms with van der Waals surface area (Å²) < 4.78 is 2.10. The van der Waals surface area contributed by atoms with Crippen LogP contribution in [0.25, 0.3) is 21.6 Å². The highest BCUT2D eigenvalue weighted by Crippen LogP contribution is 2.29. The monoisotopic (exact) mass is 497 g/mol. The van der Waals surface area contributed by atoms with E-state index in [1.807, 2.05) is 12.4 Å². The lowest BCUT2D eigenvalue weighted by Gasteiger charge is -2.27. The molecule has 0 unspecified atom stereocenters. The molecule has 9 heteroatoms. The summed E-state index contributed by atoms with van der Waals surface area (Å²) in [6, 6.07) is 13.7. The first-order valence-corrected chi connectivity index (χ1v) is 12.6. The maximum absolute atomic E-state index is 6.08. The number of anilines is 2. The summed E-state index contributed by atoms with van der Waals surface area (Å²) in [5.41, 5.74) is 10.2. The molecule has 4 N–H and O–H groups in total. The minimum Gasteiger partial charge on any atom is -0.364 e. The Labute approximate surface area is 210 Å². The van der Waals surface area contributed by atoms with Gasteiger partial charge in [-0.05, 0) is 62.1 Å². The van der Waals surface area contributed by atoms with Gasteiger partial charge >= 0.3 is 0 Å². The van der Waals surface area contributed by atoms with Crippen LogP contribution in [0.2, 0.25) is 0 Å². The molecule has 1 aromatic carbocycles. The largest absolute Gasteiger partial charge is 0.364 e. The Kier molecular flexibility index (Phi) is 7.70. The predicted octanol–water partition coefficient (Wildman–Crippen LogP) is 5.85. The number of rotatable bonds is 7. The highest BCUT2D eigenvalue weighted by molar-refractivity contribution is 7.13. The zero-order valence-electron chi connectivity index (χ0n) is 19.6. The molecule has 5 rings (SSSR count). The van der Waals surface area contributed by atoms with Crippen molar-refractivity contribution in [3.8, 4) is 10.4 Å². The van der Waals surface area contributed by atoms with E-state index in [4.69, 9.17) is 15.7 Å². The molecule has 1 fully saturated rings. The van der Waals surface area contributed by atoms with Gasteiger partial charge in [-0.3, -0.25) is 0 Å². The van der Waals surface area contributed by atoms with Gasteiger partial charge in [-0.25, -0.2) is 4.98 Å². The molecule has 180 valence electrons. The normalized spacial score (nSPS) is 18.1. The summed E-state index contributed by atoms with van der Waals surface area (Å²) in [4.78, 5) is 15.6. The van der Waals surface area contributed by atoms with E-state index in [1.54, 1.807) is 11.3 Å². The van der Waals surface area contributed by atoms with Crippen LogP contribution in [0.15, 0.2) is 48.1 Å². The third-order valence-electron chi connectivity index (χ3n) is 6.25. The van der Waals surface area contributed by atoms with Gasteiger partial charge in [0.1, 0.15) is 0 Å². The first-order chi connectivity index (χ1) is 16.1. The standard InChI is InChI=1S/C25H31N7S.ClH/c1-16(2)32-15-28-22-23(27-13-17-12-21(33-14-17)18-6-4-3-5-7-18)30-25(31-24(22)32)29-20-10-8-19(26)9-11-20;/h3-7,12,14-16,19-20H,8-11,13,26H2,1-2H3,(H2,27,29,30,31);1H. The summed E-state index contributed by atoms with van der Waals surface area (Å²) in [5.74, 6) is 1.42. The van der Waals surface area contributed by atoms with Crippen molar-refractivity contribution in [3.63, 3.8) is 0 Å². The van der Waals surface area contributed by atoms with Gasteiger partial charge in [-0.2, -0.15) is 9.97 Å². The van der Waals surface area contributed by atoms with Gasteiger partial charge in [-0.1, -0.05) is 30.3 Å². The highest BCUT2D eigenvalue weighted by Gasteiger charge is 2.21. The topological polar surface area (TPSA) is 93.7 Å². The molecule has 34 heavy (non-hydrogen) atoms. The molecule has 0 saturated heterocycles. The molecule has 3 heterocycles. The number of nitrogens with one attached hydrogen (secondary N) is 2. The quantitative estimate of drug-likeness (QED) is 0.296. The smallest absolute Gasteiger partial charge is 0.227 e. The van der Waals surface area contributed by atoms with Crippen LogP contribution in [0.3, 0.4) is 0 Å². The molecule has 3 aromatic heterocycles. The molecule has 1 aliphatic carbocycles. The van der Waals surface area contributed by atoms with Crippen LogP contribution in [0.1, 0.15) is 51.1 Å². The second kappa shape index (κ2) is 10.7. The van der Waals surface area contributed by atoms with Crippen molar-refractivity contribution in [2.75, 3.05) is 10.6 Å². The fourth-order valence-electron chi connectivity index (χ4n) is 4.34. The lowest BCUT2D eigenvalue weighted by atomic mass is 9.92. The molecule has 0 amide bonds. The van der Waals surface area contributed by atoms with Crippen molar-refractivity contribution in [1.82, 2.24) is 19.5 Å². The molecule has 0 aliphatic heterocycles. The molecular formula is C25H32ClN7S. The van der Waals surface area contributed by atoms with Gasteiger partial charge in [0.15, 0.2) is 17.0 Å². The van der Waals surface area contributed by atoms with Crippen molar-refractivity contribution in [2.24, 2.45) is 5.73 Å². The zero-order valence-corrected chi connectivity index (χ0v) is 21.2. The maximum Gasteiger partial charge on any atom is 0.227 e. The maximum atomic E-state index is 6.08. The van der Waals surface area contributed by atoms with E-state index in [-0.39, 0.29) is 18.4 Å². The summed E-state index contributed by atoms with van der Waals surface area (Å²) >= 11 is 1.76. The fourth-order valence-corrected chi connectivity index (χ4v) is 5.26. The van der Waals surface area contributed by atoms with Crippen LogP contribution >= 0.6 is 23.7 Å². The number of hydrogen-bond donors (Lipinski definition) is 3. The van der Waals surface area contributed by atoms with Crippen LogP contribution < -0.4 is 16.4 Å². The number of benzene rings is 1. The number of nitrogens with two attached hydrogens (primary N) is 1. The van der Waals surface area contributed by atoms with Gasteiger partial charge < -0.3 is 20.9 Å². The van der Waals surface area contributed by atoms with Gasteiger partial charge in [0.2, 0.25) is 5.95 Å². The second-order valence-electron chi connectivity index (χ2n) is 9.11. The van der Waals surface area contributed by atoms with Crippen LogP contribution in [0.5, 0.6) is 0 Å². The molecule has 7 nitrogen and oxygen atoms in total. The van der Waals surface area contributed by atoms with Gasteiger partial charge in [-0.15, -0.1) is 23.7 Å². The van der Waals surface area contributed by atoms with E-state index in [1.165, 1.54) is 16.0 Å². The van der Waals surface area contributed by atoms with Crippen LogP contribution in [0.4, 0.5) is 11.8 Å². The van der Waals surface area contributed by atoms with Gasteiger partial charge in [0.25, 0.3) is 0 Å². The minimum atomic E-state index is 0.